The summed E-state index contributed by atoms with van der Waals surface area (Å²) in [5.41, 5.74) is 11.4. The molecule has 4 heteroatoms. The van der Waals surface area contributed by atoms with E-state index in [-0.39, 0.29) is 5.28 Å². The fraction of sp³-hybridized carbons (Fsp3) is 1.00. The molecule has 0 saturated carbocycles. The van der Waals surface area contributed by atoms with Crippen molar-refractivity contribution in [3.63, 3.8) is 0 Å². The maximum atomic E-state index is 6.02. The van der Waals surface area contributed by atoms with Crippen LogP contribution in [0.5, 0.6) is 0 Å². The summed E-state index contributed by atoms with van der Waals surface area (Å²) < 4.78 is 4.58. The lowest BCUT2D eigenvalue weighted by Crippen LogP contribution is -2.35. The molecule has 74 valence electrons. The average molecular weight is 191 g/mol. The van der Waals surface area contributed by atoms with Crippen LogP contribution in [-0.2, 0) is 0 Å². The molecular formula is C8H22N3P. The fourth-order valence-electron chi connectivity index (χ4n) is 0.773. The lowest BCUT2D eigenvalue weighted by Gasteiger charge is -2.33. The van der Waals surface area contributed by atoms with E-state index < -0.39 is 12.7 Å². The Kier molecular flexibility index (Phi) is 3.17. The maximum absolute atomic E-state index is 6.02. The van der Waals surface area contributed by atoms with Gasteiger partial charge in [-0.2, -0.15) is 0 Å². The molecule has 0 unspecified atom stereocenters. The minimum absolute atomic E-state index is 0.232. The first-order valence-corrected chi connectivity index (χ1v) is 6.76. The molecule has 0 amide bonds. The van der Waals surface area contributed by atoms with Gasteiger partial charge in [0.1, 0.15) is 5.66 Å². The Hall–Kier alpha value is 0.150. The zero-order chi connectivity index (χ0) is 10.2. The van der Waals surface area contributed by atoms with E-state index in [0.717, 1.165) is 0 Å². The molecule has 0 aromatic rings. The molecule has 0 aliphatic rings. The second kappa shape index (κ2) is 3.13. The Morgan fingerprint density at radius 3 is 1.42 bits per heavy atom. The van der Waals surface area contributed by atoms with Crippen molar-refractivity contribution in [3.05, 3.63) is 0 Å². The number of rotatable bonds is 2. The predicted molar refractivity (Wildman–Crippen MR) is 57.7 cm³/mol. The third-order valence-corrected chi connectivity index (χ3v) is 5.75. The van der Waals surface area contributed by atoms with Gasteiger partial charge in [0.2, 0.25) is 0 Å². The SMILES string of the molecule is CC(C)(N)N=P(C)(C)C(C)(C)N. The molecule has 12 heavy (non-hydrogen) atoms. The first-order valence-electron chi connectivity index (χ1n) is 4.12. The molecule has 0 aromatic carbocycles. The molecule has 0 aromatic heterocycles. The van der Waals surface area contributed by atoms with Gasteiger partial charge in [0.05, 0.1) is 0 Å². The van der Waals surface area contributed by atoms with Gasteiger partial charge >= 0.3 is 0 Å². The van der Waals surface area contributed by atoms with E-state index >= 15 is 0 Å². The van der Waals surface area contributed by atoms with E-state index in [1.54, 1.807) is 0 Å². The summed E-state index contributed by atoms with van der Waals surface area (Å²) in [6.07, 6.45) is 0. The highest BCUT2D eigenvalue weighted by Gasteiger charge is 2.27. The second-order valence-corrected chi connectivity index (χ2v) is 8.94. The number of nitrogens with two attached hydrogens (primary N) is 2. The zero-order valence-electron chi connectivity index (χ0n) is 9.05. The van der Waals surface area contributed by atoms with Crippen LogP contribution in [0.3, 0.4) is 0 Å². The van der Waals surface area contributed by atoms with Crippen LogP contribution in [0.2, 0.25) is 0 Å². The Morgan fingerprint density at radius 2 is 1.33 bits per heavy atom. The van der Waals surface area contributed by atoms with Crippen molar-refractivity contribution in [2.24, 2.45) is 16.2 Å². The van der Waals surface area contributed by atoms with E-state index in [1.165, 1.54) is 0 Å². The summed E-state index contributed by atoms with van der Waals surface area (Å²) in [5.74, 6) is 0. The molecule has 0 bridgehead atoms. The highest BCUT2D eigenvalue weighted by Crippen LogP contribution is 2.52. The molecule has 0 fully saturated rings. The molecule has 0 heterocycles. The number of hydrogen-bond donors (Lipinski definition) is 2. The standard InChI is InChI=1S/C8H22N3P/c1-7(2,9)11-12(5,6)8(3,4)10/h9-10H2,1-6H3. The molecule has 3 nitrogen and oxygen atoms in total. The Morgan fingerprint density at radius 1 is 1.00 bits per heavy atom. The fourth-order valence-corrected chi connectivity index (χ4v) is 2.32. The van der Waals surface area contributed by atoms with Gasteiger partial charge in [0, 0.05) is 5.28 Å². The molecule has 0 spiro atoms. The Bertz CT molecular complexity index is 201. The Labute approximate surface area is 76.0 Å². The molecular weight excluding hydrogens is 169 g/mol. The average Bonchev–Trinajstić information content (AvgIpc) is 1.52. The quantitative estimate of drug-likeness (QED) is 0.654. The first-order chi connectivity index (χ1) is 4.96. The van der Waals surface area contributed by atoms with Crippen molar-refractivity contribution < 1.29 is 0 Å². The van der Waals surface area contributed by atoms with Crippen LogP contribution in [0.1, 0.15) is 27.7 Å². The largest absolute Gasteiger partial charge is 0.321 e. The highest BCUT2D eigenvalue weighted by molar-refractivity contribution is 7.66. The van der Waals surface area contributed by atoms with Crippen molar-refractivity contribution in [3.8, 4) is 0 Å². The zero-order valence-corrected chi connectivity index (χ0v) is 9.94. The van der Waals surface area contributed by atoms with Crippen LogP contribution >= 0.6 is 7.05 Å². The summed E-state index contributed by atoms with van der Waals surface area (Å²) in [7, 11) is -1.47. The third-order valence-electron chi connectivity index (χ3n) is 1.92. The summed E-state index contributed by atoms with van der Waals surface area (Å²) in [6, 6.07) is 0. The van der Waals surface area contributed by atoms with Gasteiger partial charge in [-0.25, -0.2) is 0 Å². The van der Waals surface area contributed by atoms with Crippen LogP contribution in [0, 0.1) is 0 Å². The summed E-state index contributed by atoms with van der Waals surface area (Å²) in [4.78, 5) is 0. The van der Waals surface area contributed by atoms with Gasteiger partial charge in [-0.15, -0.1) is 0 Å². The topological polar surface area (TPSA) is 64.4 Å². The van der Waals surface area contributed by atoms with E-state index in [9.17, 15) is 0 Å². The van der Waals surface area contributed by atoms with E-state index in [4.69, 9.17) is 11.5 Å². The van der Waals surface area contributed by atoms with Crippen molar-refractivity contribution in [2.45, 2.75) is 38.6 Å². The van der Waals surface area contributed by atoms with Crippen molar-refractivity contribution in [1.29, 1.82) is 0 Å². The number of nitrogens with zero attached hydrogens (tertiary/aromatic N) is 1. The van der Waals surface area contributed by atoms with Crippen LogP contribution < -0.4 is 11.5 Å². The van der Waals surface area contributed by atoms with Crippen molar-refractivity contribution in [1.82, 2.24) is 0 Å². The van der Waals surface area contributed by atoms with Gasteiger partial charge in [-0.05, 0) is 48.1 Å². The van der Waals surface area contributed by atoms with Crippen molar-refractivity contribution in [2.75, 3.05) is 13.3 Å². The van der Waals surface area contributed by atoms with Crippen molar-refractivity contribution >= 4 is 7.05 Å². The van der Waals surface area contributed by atoms with E-state index in [1.807, 2.05) is 27.7 Å². The molecule has 0 atom stereocenters. The van der Waals surface area contributed by atoms with Gasteiger partial charge in [0.25, 0.3) is 0 Å². The smallest absolute Gasteiger partial charge is 0.101 e. The normalized spacial score (nSPS) is 14.7. The molecule has 0 aliphatic carbocycles. The van der Waals surface area contributed by atoms with Crippen LogP contribution in [0.15, 0.2) is 4.74 Å². The molecule has 4 N–H and O–H groups in total. The minimum atomic E-state index is -1.47. The summed E-state index contributed by atoms with van der Waals surface area (Å²) in [6.45, 7) is 12.1. The highest BCUT2D eigenvalue weighted by atomic mass is 31.2. The molecule has 0 aliphatic heterocycles. The van der Waals surface area contributed by atoms with Gasteiger partial charge in [-0.3, -0.25) is 4.74 Å². The van der Waals surface area contributed by atoms with E-state index in [2.05, 4.69) is 18.1 Å². The third kappa shape index (κ3) is 3.70. The molecule has 0 radical (unpaired) electrons. The lowest BCUT2D eigenvalue weighted by molar-refractivity contribution is 0.551. The van der Waals surface area contributed by atoms with Gasteiger partial charge in [0.15, 0.2) is 0 Å². The summed E-state index contributed by atoms with van der Waals surface area (Å²) >= 11 is 0. The van der Waals surface area contributed by atoms with Crippen LogP contribution in [-0.4, -0.2) is 24.3 Å². The second-order valence-electron chi connectivity index (χ2n) is 4.80. The minimum Gasteiger partial charge on any atom is -0.321 e. The molecule has 0 saturated heterocycles. The van der Waals surface area contributed by atoms with Crippen LogP contribution in [0.4, 0.5) is 0 Å². The molecule has 0 rings (SSSR count). The first kappa shape index (κ1) is 12.2. The van der Waals surface area contributed by atoms with Gasteiger partial charge in [-0.1, -0.05) is 0 Å². The summed E-state index contributed by atoms with van der Waals surface area (Å²) in [5, 5.41) is -0.232. The number of hydrogen-bond acceptors (Lipinski definition) is 3. The Balaban J connectivity index is 4.99. The van der Waals surface area contributed by atoms with Gasteiger partial charge < -0.3 is 11.5 Å². The van der Waals surface area contributed by atoms with Crippen LogP contribution in [0.25, 0.3) is 0 Å². The monoisotopic (exact) mass is 191 g/mol. The lowest BCUT2D eigenvalue weighted by atomic mass is 10.3. The predicted octanol–water partition coefficient (Wildman–Crippen LogP) is 1.84. The van der Waals surface area contributed by atoms with E-state index in [0.29, 0.717) is 0 Å². The maximum Gasteiger partial charge on any atom is 0.101 e.